The molecule has 25 heavy (non-hydrogen) atoms. The van der Waals surface area contributed by atoms with Gasteiger partial charge in [0.05, 0.1) is 26.2 Å². The Morgan fingerprint density at radius 3 is 2.36 bits per heavy atom. The maximum atomic E-state index is 5.60. The Morgan fingerprint density at radius 2 is 1.80 bits per heavy atom. The van der Waals surface area contributed by atoms with Gasteiger partial charge in [0.25, 0.3) is 0 Å². The van der Waals surface area contributed by atoms with E-state index in [4.69, 9.17) is 30.8 Å². The number of allylic oxidation sites excluding steroid dienone is 4. The summed E-state index contributed by atoms with van der Waals surface area (Å²) in [7, 11) is 4.70. The third-order valence-corrected chi connectivity index (χ3v) is 4.35. The number of nitrogens with zero attached hydrogens (tertiary/aromatic N) is 1. The van der Waals surface area contributed by atoms with Gasteiger partial charge in [-0.25, -0.2) is 4.98 Å². The molecular formula is C19H19NO4S. The van der Waals surface area contributed by atoms with Crippen LogP contribution < -0.4 is 14.2 Å². The average molecular weight is 357 g/mol. The number of thiocarbonyl (C=S) groups is 1. The number of aromatic nitrogens is 1. The van der Waals surface area contributed by atoms with Crippen LogP contribution in [0.4, 0.5) is 0 Å². The van der Waals surface area contributed by atoms with Crippen LogP contribution in [0.5, 0.6) is 17.2 Å². The van der Waals surface area contributed by atoms with E-state index >= 15 is 0 Å². The first-order valence-electron chi connectivity index (χ1n) is 7.85. The van der Waals surface area contributed by atoms with E-state index in [1.807, 2.05) is 6.08 Å². The topological polar surface area (TPSA) is 53.7 Å². The second kappa shape index (κ2) is 7.53. The van der Waals surface area contributed by atoms with Crippen molar-refractivity contribution in [2.45, 2.75) is 12.8 Å². The number of ether oxygens (including phenoxy) is 3. The molecule has 0 unspecified atom stereocenters. The van der Waals surface area contributed by atoms with Crippen LogP contribution in [-0.2, 0) is 0 Å². The zero-order valence-electron chi connectivity index (χ0n) is 14.4. The van der Waals surface area contributed by atoms with E-state index in [0.717, 1.165) is 24.0 Å². The molecule has 0 saturated heterocycles. The largest absolute Gasteiger partial charge is 0.493 e. The number of rotatable bonds is 6. The van der Waals surface area contributed by atoms with E-state index in [0.29, 0.717) is 33.7 Å². The monoisotopic (exact) mass is 357 g/mol. The van der Waals surface area contributed by atoms with Gasteiger partial charge >= 0.3 is 0 Å². The summed E-state index contributed by atoms with van der Waals surface area (Å²) < 4.78 is 21.7. The zero-order valence-corrected chi connectivity index (χ0v) is 15.2. The van der Waals surface area contributed by atoms with Gasteiger partial charge in [-0.1, -0.05) is 30.4 Å². The third-order valence-electron chi connectivity index (χ3n) is 3.91. The quantitative estimate of drug-likeness (QED) is 0.570. The highest BCUT2D eigenvalue weighted by atomic mass is 32.1. The first-order chi connectivity index (χ1) is 12.2. The second-order valence-electron chi connectivity index (χ2n) is 5.42. The van der Waals surface area contributed by atoms with E-state index in [-0.39, 0.29) is 0 Å². The maximum absolute atomic E-state index is 5.60. The van der Waals surface area contributed by atoms with Crippen LogP contribution in [0.15, 0.2) is 41.0 Å². The molecule has 6 heteroatoms. The summed E-state index contributed by atoms with van der Waals surface area (Å²) in [6, 6.07) is 3.61. The van der Waals surface area contributed by atoms with Crippen molar-refractivity contribution in [1.29, 1.82) is 0 Å². The smallest absolute Gasteiger partial charge is 0.226 e. The first kappa shape index (κ1) is 17.2. The van der Waals surface area contributed by atoms with Crippen molar-refractivity contribution in [1.82, 2.24) is 4.98 Å². The molecule has 0 N–H and O–H groups in total. The summed E-state index contributed by atoms with van der Waals surface area (Å²) in [5, 5.41) is 0. The van der Waals surface area contributed by atoms with Crippen LogP contribution in [0.1, 0.15) is 30.0 Å². The molecule has 0 bridgehead atoms. The van der Waals surface area contributed by atoms with Crippen LogP contribution in [0.2, 0.25) is 0 Å². The molecule has 0 saturated carbocycles. The zero-order chi connectivity index (χ0) is 17.8. The van der Waals surface area contributed by atoms with Crippen molar-refractivity contribution in [2.75, 3.05) is 21.3 Å². The number of hydrogen-bond donors (Lipinski definition) is 0. The van der Waals surface area contributed by atoms with Crippen molar-refractivity contribution in [3.8, 4) is 17.2 Å². The van der Waals surface area contributed by atoms with E-state index in [2.05, 4.69) is 17.1 Å². The lowest BCUT2D eigenvalue weighted by molar-refractivity contribution is 0.324. The molecule has 0 amide bonds. The SMILES string of the molecule is COc1cc(C(=S)c2coc(C3=CCCC=C3)n2)cc(OC)c1OC. The highest BCUT2D eigenvalue weighted by Gasteiger charge is 2.18. The predicted octanol–water partition coefficient (Wildman–Crippen LogP) is 4.20. The molecular weight excluding hydrogens is 338 g/mol. The Hall–Kier alpha value is -2.60. The fourth-order valence-corrected chi connectivity index (χ4v) is 2.85. The van der Waals surface area contributed by atoms with Crippen LogP contribution in [0.3, 0.4) is 0 Å². The van der Waals surface area contributed by atoms with E-state index in [9.17, 15) is 0 Å². The predicted molar refractivity (Wildman–Crippen MR) is 99.8 cm³/mol. The highest BCUT2D eigenvalue weighted by Crippen LogP contribution is 2.38. The van der Waals surface area contributed by atoms with Gasteiger partial charge in [-0.05, 0) is 25.0 Å². The Labute approximate surface area is 151 Å². The lowest BCUT2D eigenvalue weighted by Gasteiger charge is -2.14. The summed E-state index contributed by atoms with van der Waals surface area (Å²) in [5.41, 5.74) is 2.32. The van der Waals surface area contributed by atoms with Gasteiger partial charge in [0.2, 0.25) is 11.6 Å². The Balaban J connectivity index is 1.94. The fourth-order valence-electron chi connectivity index (χ4n) is 2.64. The summed E-state index contributed by atoms with van der Waals surface area (Å²) in [6.45, 7) is 0. The molecule has 130 valence electrons. The van der Waals surface area contributed by atoms with Crippen molar-refractivity contribution in [3.05, 3.63) is 53.8 Å². The molecule has 3 rings (SSSR count). The summed E-state index contributed by atoms with van der Waals surface area (Å²) in [4.78, 5) is 5.07. The molecule has 2 aromatic rings. The lowest BCUT2D eigenvalue weighted by Crippen LogP contribution is -2.03. The molecule has 0 spiro atoms. The van der Waals surface area contributed by atoms with Gasteiger partial charge in [0, 0.05) is 11.1 Å². The molecule has 0 atom stereocenters. The van der Waals surface area contributed by atoms with Crippen molar-refractivity contribution in [3.63, 3.8) is 0 Å². The number of methoxy groups -OCH3 is 3. The van der Waals surface area contributed by atoms with Gasteiger partial charge in [-0.15, -0.1) is 0 Å². The normalized spacial score (nSPS) is 13.3. The Kier molecular flexibility index (Phi) is 5.19. The molecule has 1 aliphatic carbocycles. The van der Waals surface area contributed by atoms with Crippen LogP contribution in [0, 0.1) is 0 Å². The van der Waals surface area contributed by atoms with Crippen molar-refractivity contribution >= 4 is 22.7 Å². The lowest BCUT2D eigenvalue weighted by atomic mass is 10.1. The molecule has 0 radical (unpaired) electrons. The van der Waals surface area contributed by atoms with E-state index in [1.165, 1.54) is 0 Å². The summed E-state index contributed by atoms with van der Waals surface area (Å²) in [6.07, 6.45) is 9.84. The van der Waals surface area contributed by atoms with Crippen molar-refractivity contribution in [2.24, 2.45) is 0 Å². The molecule has 1 heterocycles. The van der Waals surface area contributed by atoms with Gasteiger partial charge in [-0.2, -0.15) is 0 Å². The minimum atomic E-state index is 0.523. The molecule has 5 nitrogen and oxygen atoms in total. The molecule has 0 fully saturated rings. The summed E-state index contributed by atoms with van der Waals surface area (Å²) in [5.74, 6) is 2.18. The molecule has 1 aromatic carbocycles. The van der Waals surface area contributed by atoms with Gasteiger partial charge in [0.1, 0.15) is 12.0 Å². The third kappa shape index (κ3) is 3.44. The van der Waals surface area contributed by atoms with E-state index < -0.39 is 0 Å². The fraction of sp³-hybridized carbons (Fsp3) is 0.263. The average Bonchev–Trinajstić information content (AvgIpc) is 3.17. The number of hydrogen-bond acceptors (Lipinski definition) is 6. The molecule has 1 aromatic heterocycles. The minimum Gasteiger partial charge on any atom is -0.493 e. The molecule has 1 aliphatic rings. The minimum absolute atomic E-state index is 0.523. The van der Waals surface area contributed by atoms with Crippen molar-refractivity contribution < 1.29 is 18.6 Å². The Bertz CT molecular complexity index is 826. The second-order valence-corrected chi connectivity index (χ2v) is 5.83. The Morgan fingerprint density at radius 1 is 1.08 bits per heavy atom. The molecule has 0 aliphatic heterocycles. The van der Waals surface area contributed by atoms with Crippen LogP contribution in [-0.4, -0.2) is 31.2 Å². The van der Waals surface area contributed by atoms with Crippen LogP contribution in [0.25, 0.3) is 5.57 Å². The first-order valence-corrected chi connectivity index (χ1v) is 8.26. The van der Waals surface area contributed by atoms with Gasteiger partial charge in [-0.3, -0.25) is 0 Å². The van der Waals surface area contributed by atoms with Gasteiger partial charge < -0.3 is 18.6 Å². The number of benzene rings is 1. The standard InChI is InChI=1S/C19H19NO4S/c1-21-15-9-13(10-16(22-2)17(15)23-3)18(25)14-11-24-19(20-14)12-7-5-4-6-8-12/h5,7-11H,4,6H2,1-3H3. The summed E-state index contributed by atoms with van der Waals surface area (Å²) >= 11 is 5.58. The van der Waals surface area contributed by atoms with E-state index in [1.54, 1.807) is 39.7 Å². The maximum Gasteiger partial charge on any atom is 0.226 e. The van der Waals surface area contributed by atoms with Crippen LogP contribution >= 0.6 is 12.2 Å². The number of oxazole rings is 1. The highest BCUT2D eigenvalue weighted by molar-refractivity contribution is 7.81. The van der Waals surface area contributed by atoms with Gasteiger partial charge in [0.15, 0.2) is 11.5 Å².